The number of benzene rings is 2. The van der Waals surface area contributed by atoms with Crippen LogP contribution in [0.15, 0.2) is 60.7 Å². The molecule has 0 radical (unpaired) electrons. The molecule has 1 heterocycles. The fourth-order valence-electron chi connectivity index (χ4n) is 2.34. The first-order chi connectivity index (χ1) is 13.3. The lowest BCUT2D eigenvalue weighted by Gasteiger charge is -2.10. The molecule has 3 rings (SSSR count). The normalized spacial score (nSPS) is 11.1. The highest BCUT2D eigenvalue weighted by Crippen LogP contribution is 2.30. The van der Waals surface area contributed by atoms with E-state index in [0.29, 0.717) is 11.4 Å². The van der Waals surface area contributed by atoms with E-state index in [4.69, 9.17) is 0 Å². The molecule has 0 fully saturated rings. The number of alkyl halides is 3. The van der Waals surface area contributed by atoms with Crippen LogP contribution in [0.25, 0.3) is 0 Å². The van der Waals surface area contributed by atoms with Gasteiger partial charge < -0.3 is 10.6 Å². The maximum Gasteiger partial charge on any atom is 0.416 e. The second kappa shape index (κ2) is 8.03. The number of anilines is 2. The van der Waals surface area contributed by atoms with Crippen LogP contribution < -0.4 is 10.6 Å². The Labute approximate surface area is 157 Å². The molecule has 0 spiro atoms. The molecule has 0 aliphatic rings. The largest absolute Gasteiger partial charge is 0.416 e. The minimum atomic E-state index is -4.51. The lowest BCUT2D eigenvalue weighted by molar-refractivity contribution is -0.137. The summed E-state index contributed by atoms with van der Waals surface area (Å²) in [5, 5.41) is 12.8. The van der Waals surface area contributed by atoms with Crippen LogP contribution in [0.1, 0.15) is 21.6 Å². The number of hydrogen-bond donors (Lipinski definition) is 2. The standard InChI is InChI=1S/C19H14F4N4O/c20-15-7-2-1-4-12(15)11-24-17-9-8-16(26-27-17)18(28)25-14-6-3-5-13(10-14)19(21,22)23/h1-10H,11H2,(H,24,27)(H,25,28). The maximum absolute atomic E-state index is 13.6. The van der Waals surface area contributed by atoms with Crippen LogP contribution >= 0.6 is 0 Å². The van der Waals surface area contributed by atoms with Gasteiger partial charge in [-0.1, -0.05) is 24.3 Å². The Bertz CT molecular complexity index is 974. The zero-order valence-electron chi connectivity index (χ0n) is 14.3. The Morgan fingerprint density at radius 1 is 0.964 bits per heavy atom. The molecule has 5 nitrogen and oxygen atoms in total. The third-order valence-electron chi connectivity index (χ3n) is 3.76. The number of halogens is 4. The third-order valence-corrected chi connectivity index (χ3v) is 3.76. The first-order valence-electron chi connectivity index (χ1n) is 8.12. The number of amides is 1. The van der Waals surface area contributed by atoms with E-state index in [0.717, 1.165) is 12.1 Å². The quantitative estimate of drug-likeness (QED) is 0.630. The molecule has 0 atom stereocenters. The van der Waals surface area contributed by atoms with Crippen molar-refractivity contribution in [1.82, 2.24) is 10.2 Å². The van der Waals surface area contributed by atoms with Crippen molar-refractivity contribution in [2.75, 3.05) is 10.6 Å². The zero-order chi connectivity index (χ0) is 20.1. The SMILES string of the molecule is O=C(Nc1cccc(C(F)(F)F)c1)c1ccc(NCc2ccccc2F)nn1. The molecule has 2 N–H and O–H groups in total. The number of carbonyl (C=O) groups excluding carboxylic acids is 1. The number of aromatic nitrogens is 2. The van der Waals surface area contributed by atoms with Gasteiger partial charge in [-0.3, -0.25) is 4.79 Å². The van der Waals surface area contributed by atoms with Gasteiger partial charge in [0.25, 0.3) is 5.91 Å². The molecule has 3 aromatic rings. The van der Waals surface area contributed by atoms with E-state index in [-0.39, 0.29) is 23.7 Å². The van der Waals surface area contributed by atoms with Gasteiger partial charge in [-0.2, -0.15) is 13.2 Å². The van der Waals surface area contributed by atoms with E-state index in [9.17, 15) is 22.4 Å². The Balaban J connectivity index is 1.63. The van der Waals surface area contributed by atoms with Gasteiger partial charge in [-0.15, -0.1) is 10.2 Å². The summed E-state index contributed by atoms with van der Waals surface area (Å²) in [6, 6.07) is 13.3. The summed E-state index contributed by atoms with van der Waals surface area (Å²) in [5.41, 5.74) is -0.517. The van der Waals surface area contributed by atoms with E-state index in [2.05, 4.69) is 20.8 Å². The number of carbonyl (C=O) groups is 1. The fraction of sp³-hybridized carbons (Fsp3) is 0.105. The third kappa shape index (κ3) is 4.81. The van der Waals surface area contributed by atoms with Gasteiger partial charge in [-0.25, -0.2) is 4.39 Å². The molecule has 1 aromatic heterocycles. The van der Waals surface area contributed by atoms with Gasteiger partial charge in [0.2, 0.25) is 0 Å². The summed E-state index contributed by atoms with van der Waals surface area (Å²) >= 11 is 0. The second-order valence-corrected chi connectivity index (χ2v) is 5.78. The van der Waals surface area contributed by atoms with Crippen molar-refractivity contribution < 1.29 is 22.4 Å². The van der Waals surface area contributed by atoms with Crippen LogP contribution in [0.5, 0.6) is 0 Å². The van der Waals surface area contributed by atoms with Crippen LogP contribution in [-0.4, -0.2) is 16.1 Å². The summed E-state index contributed by atoms with van der Waals surface area (Å²) < 4.78 is 51.8. The predicted molar refractivity (Wildman–Crippen MR) is 95.2 cm³/mol. The molecule has 2 aromatic carbocycles. The maximum atomic E-state index is 13.6. The summed E-state index contributed by atoms with van der Waals surface area (Å²) in [7, 11) is 0. The topological polar surface area (TPSA) is 66.9 Å². The Kier molecular flexibility index (Phi) is 5.53. The van der Waals surface area contributed by atoms with Gasteiger partial charge in [0, 0.05) is 17.8 Å². The van der Waals surface area contributed by atoms with Crippen LogP contribution in [0.4, 0.5) is 29.1 Å². The Morgan fingerprint density at radius 3 is 2.43 bits per heavy atom. The van der Waals surface area contributed by atoms with E-state index in [1.54, 1.807) is 18.2 Å². The molecular formula is C19H14F4N4O. The average Bonchev–Trinajstić information content (AvgIpc) is 2.67. The highest BCUT2D eigenvalue weighted by molar-refractivity contribution is 6.02. The molecule has 0 saturated carbocycles. The van der Waals surface area contributed by atoms with Crippen molar-refractivity contribution in [2.45, 2.75) is 12.7 Å². The van der Waals surface area contributed by atoms with Crippen LogP contribution in [-0.2, 0) is 12.7 Å². The molecule has 0 unspecified atom stereocenters. The summed E-state index contributed by atoms with van der Waals surface area (Å²) in [4.78, 5) is 12.1. The van der Waals surface area contributed by atoms with Crippen molar-refractivity contribution in [1.29, 1.82) is 0 Å². The van der Waals surface area contributed by atoms with E-state index in [1.807, 2.05) is 0 Å². The molecule has 0 bridgehead atoms. The highest BCUT2D eigenvalue weighted by Gasteiger charge is 2.30. The van der Waals surface area contributed by atoms with Crippen LogP contribution in [0.3, 0.4) is 0 Å². The Morgan fingerprint density at radius 2 is 1.75 bits per heavy atom. The lowest BCUT2D eigenvalue weighted by atomic mass is 10.2. The fourth-order valence-corrected chi connectivity index (χ4v) is 2.34. The number of rotatable bonds is 5. The van der Waals surface area contributed by atoms with Crippen LogP contribution in [0, 0.1) is 5.82 Å². The number of nitrogens with one attached hydrogen (secondary N) is 2. The molecule has 9 heteroatoms. The molecule has 0 aliphatic carbocycles. The first kappa shape index (κ1) is 19.3. The van der Waals surface area contributed by atoms with Crippen molar-refractivity contribution in [3.63, 3.8) is 0 Å². The first-order valence-corrected chi connectivity index (χ1v) is 8.12. The summed E-state index contributed by atoms with van der Waals surface area (Å²) in [5.74, 6) is -0.744. The van der Waals surface area contributed by atoms with E-state index < -0.39 is 17.6 Å². The van der Waals surface area contributed by atoms with Gasteiger partial charge >= 0.3 is 6.18 Å². The zero-order valence-corrected chi connectivity index (χ0v) is 14.3. The van der Waals surface area contributed by atoms with Gasteiger partial charge in [-0.05, 0) is 36.4 Å². The number of hydrogen-bond acceptors (Lipinski definition) is 4. The molecule has 28 heavy (non-hydrogen) atoms. The average molecular weight is 390 g/mol. The van der Waals surface area contributed by atoms with Gasteiger partial charge in [0.05, 0.1) is 5.56 Å². The number of nitrogens with zero attached hydrogens (tertiary/aromatic N) is 2. The second-order valence-electron chi connectivity index (χ2n) is 5.78. The monoisotopic (exact) mass is 390 g/mol. The molecule has 1 amide bonds. The summed E-state index contributed by atoms with van der Waals surface area (Å²) in [6.45, 7) is 0.178. The smallest absolute Gasteiger partial charge is 0.364 e. The minimum Gasteiger partial charge on any atom is -0.364 e. The van der Waals surface area contributed by atoms with Gasteiger partial charge in [0.15, 0.2) is 5.69 Å². The molecular weight excluding hydrogens is 376 g/mol. The van der Waals surface area contributed by atoms with Crippen molar-refractivity contribution >= 4 is 17.4 Å². The van der Waals surface area contributed by atoms with E-state index >= 15 is 0 Å². The van der Waals surface area contributed by atoms with Crippen molar-refractivity contribution in [2.24, 2.45) is 0 Å². The molecule has 0 saturated heterocycles. The van der Waals surface area contributed by atoms with Crippen molar-refractivity contribution in [3.05, 3.63) is 83.3 Å². The Hall–Kier alpha value is -3.49. The lowest BCUT2D eigenvalue weighted by Crippen LogP contribution is -2.15. The molecule has 0 aliphatic heterocycles. The summed E-state index contributed by atoms with van der Waals surface area (Å²) in [6.07, 6.45) is -4.51. The van der Waals surface area contributed by atoms with Gasteiger partial charge in [0.1, 0.15) is 11.6 Å². The minimum absolute atomic E-state index is 0.0108. The van der Waals surface area contributed by atoms with Crippen molar-refractivity contribution in [3.8, 4) is 0 Å². The van der Waals surface area contributed by atoms with Crippen LogP contribution in [0.2, 0.25) is 0 Å². The molecule has 144 valence electrons. The highest BCUT2D eigenvalue weighted by atomic mass is 19.4. The predicted octanol–water partition coefficient (Wildman–Crippen LogP) is 4.50. The van der Waals surface area contributed by atoms with E-state index in [1.165, 1.54) is 30.3 Å².